The molecule has 0 fully saturated rings. The summed E-state index contributed by atoms with van der Waals surface area (Å²) in [6.45, 7) is 0.0266. The van der Waals surface area contributed by atoms with Gasteiger partial charge in [-0.1, -0.05) is 50.1 Å². The van der Waals surface area contributed by atoms with Crippen LogP contribution in [-0.4, -0.2) is 16.8 Å². The van der Waals surface area contributed by atoms with Gasteiger partial charge in [0.2, 0.25) is 0 Å². The van der Waals surface area contributed by atoms with Crippen molar-refractivity contribution < 1.29 is 69.9 Å². The molecule has 2 unspecified atom stereocenters. The number of phosphoric acid groups is 1. The van der Waals surface area contributed by atoms with Crippen molar-refractivity contribution in [3.63, 3.8) is 0 Å². The largest absolute Gasteiger partial charge is 1.00 e. The number of alkyl halides is 2. The van der Waals surface area contributed by atoms with E-state index in [9.17, 15) is 9.46 Å². The van der Waals surface area contributed by atoms with Crippen LogP contribution in [0.2, 0.25) is 0 Å². The second-order valence-corrected chi connectivity index (χ2v) is 6.18. The Morgan fingerprint density at radius 3 is 2.47 bits per heavy atom. The average molecular weight is 412 g/mol. The van der Waals surface area contributed by atoms with Gasteiger partial charge >= 0.3 is 59.2 Å². The third-order valence-corrected chi connectivity index (χ3v) is 4.68. The summed E-state index contributed by atoms with van der Waals surface area (Å²) in [5.74, 6) is 0.241. The SMILES string of the molecule is O=P([O-])(OCC(Br)CBr)Oc1ccccc1.[K+]. The predicted molar refractivity (Wildman–Crippen MR) is 67.1 cm³/mol. The van der Waals surface area contributed by atoms with E-state index in [0.717, 1.165) is 0 Å². The number of hydrogen-bond donors (Lipinski definition) is 0. The number of benzene rings is 1. The van der Waals surface area contributed by atoms with E-state index in [2.05, 4.69) is 36.4 Å². The maximum Gasteiger partial charge on any atom is 1.00 e. The molecule has 0 saturated heterocycles. The van der Waals surface area contributed by atoms with Crippen LogP contribution < -0.4 is 60.8 Å². The third kappa shape index (κ3) is 8.52. The van der Waals surface area contributed by atoms with Crippen molar-refractivity contribution in [3.8, 4) is 5.75 Å². The van der Waals surface area contributed by atoms with Gasteiger partial charge in [0.25, 0.3) is 0 Å². The molecule has 0 spiro atoms. The van der Waals surface area contributed by atoms with Gasteiger partial charge in [-0.3, -0.25) is 4.57 Å². The van der Waals surface area contributed by atoms with Crippen molar-refractivity contribution >= 4 is 39.7 Å². The van der Waals surface area contributed by atoms with Crippen molar-refractivity contribution in [2.24, 2.45) is 0 Å². The van der Waals surface area contributed by atoms with Gasteiger partial charge in [-0.25, -0.2) is 0 Å². The Labute approximate surface area is 160 Å². The Balaban J connectivity index is 0.00000256. The zero-order chi connectivity index (χ0) is 12.0. The maximum absolute atomic E-state index is 11.4. The summed E-state index contributed by atoms with van der Waals surface area (Å²) in [6, 6.07) is 8.22. The number of rotatable bonds is 6. The monoisotopic (exact) mass is 410 g/mol. The van der Waals surface area contributed by atoms with Crippen molar-refractivity contribution in [1.82, 2.24) is 0 Å². The summed E-state index contributed by atoms with van der Waals surface area (Å²) >= 11 is 6.42. The second kappa shape index (κ2) is 9.64. The van der Waals surface area contributed by atoms with Crippen LogP contribution in [0.15, 0.2) is 30.3 Å². The molecule has 17 heavy (non-hydrogen) atoms. The van der Waals surface area contributed by atoms with E-state index in [1.807, 2.05) is 0 Å². The number of halogens is 2. The molecule has 0 heterocycles. The summed E-state index contributed by atoms with van der Waals surface area (Å²) in [7, 11) is -4.28. The Morgan fingerprint density at radius 2 is 1.94 bits per heavy atom. The fraction of sp³-hybridized carbons (Fsp3) is 0.333. The van der Waals surface area contributed by atoms with Gasteiger partial charge in [-0.05, 0) is 12.1 Å². The zero-order valence-corrected chi connectivity index (χ0v) is 16.4. The number of para-hydroxylation sites is 1. The van der Waals surface area contributed by atoms with Gasteiger partial charge in [0.15, 0.2) is 0 Å². The fourth-order valence-corrected chi connectivity index (χ4v) is 2.17. The van der Waals surface area contributed by atoms with Gasteiger partial charge in [-0.2, -0.15) is 0 Å². The van der Waals surface area contributed by atoms with Crippen molar-refractivity contribution in [2.75, 3.05) is 11.9 Å². The van der Waals surface area contributed by atoms with Crippen molar-refractivity contribution in [1.29, 1.82) is 0 Å². The number of phosphoric ester groups is 1. The summed E-state index contributed by atoms with van der Waals surface area (Å²) < 4.78 is 20.8. The van der Waals surface area contributed by atoms with Crippen LogP contribution in [0.3, 0.4) is 0 Å². The Kier molecular flexibility index (Phi) is 10.6. The van der Waals surface area contributed by atoms with E-state index in [-0.39, 0.29) is 68.6 Å². The standard InChI is InChI=1S/C9H11Br2O4P.K/c10-6-8(11)7-14-16(12,13)15-9-4-2-1-3-5-9;/h1-5,8H,6-7H2,(H,12,13);/q;+1/p-1. The first-order valence-electron chi connectivity index (χ1n) is 4.44. The zero-order valence-electron chi connectivity index (χ0n) is 9.21. The van der Waals surface area contributed by atoms with Crippen LogP contribution >= 0.6 is 39.7 Å². The summed E-state index contributed by atoms with van der Waals surface area (Å²) in [5.41, 5.74) is 0. The minimum Gasteiger partial charge on any atom is -0.746 e. The average Bonchev–Trinajstić information content (AvgIpc) is 2.27. The van der Waals surface area contributed by atoms with Crippen LogP contribution in [0.5, 0.6) is 5.75 Å². The normalized spacial score (nSPS) is 15.5. The van der Waals surface area contributed by atoms with Crippen LogP contribution in [0.1, 0.15) is 0 Å². The molecule has 0 aromatic heterocycles. The minimum atomic E-state index is -4.28. The summed E-state index contributed by atoms with van der Waals surface area (Å²) in [5, 5.41) is 0.596. The van der Waals surface area contributed by atoms with E-state index in [0.29, 0.717) is 5.33 Å². The fourth-order valence-electron chi connectivity index (χ4n) is 0.854. The molecule has 0 aliphatic carbocycles. The van der Waals surface area contributed by atoms with E-state index in [1.165, 1.54) is 0 Å². The third-order valence-electron chi connectivity index (χ3n) is 1.54. The molecular weight excluding hydrogens is 402 g/mol. The molecule has 1 aromatic rings. The van der Waals surface area contributed by atoms with Gasteiger partial charge < -0.3 is 13.9 Å². The molecule has 0 bridgehead atoms. The van der Waals surface area contributed by atoms with Crippen LogP contribution in [0, 0.1) is 0 Å². The van der Waals surface area contributed by atoms with Crippen LogP contribution in [-0.2, 0) is 9.09 Å². The van der Waals surface area contributed by atoms with E-state index in [1.54, 1.807) is 30.3 Å². The van der Waals surface area contributed by atoms with E-state index < -0.39 is 7.82 Å². The first-order valence-corrected chi connectivity index (χ1v) is 7.93. The molecule has 4 nitrogen and oxygen atoms in total. The first kappa shape index (κ1) is 18.8. The molecule has 0 amide bonds. The van der Waals surface area contributed by atoms with Gasteiger partial charge in [0.1, 0.15) is 5.75 Å². The summed E-state index contributed by atoms with van der Waals surface area (Å²) in [4.78, 5) is 11.3. The Morgan fingerprint density at radius 1 is 1.35 bits per heavy atom. The molecule has 0 radical (unpaired) electrons. The molecule has 90 valence electrons. The van der Waals surface area contributed by atoms with Crippen LogP contribution in [0.25, 0.3) is 0 Å². The minimum absolute atomic E-state index is 0. The molecule has 0 saturated carbocycles. The summed E-state index contributed by atoms with van der Waals surface area (Å²) in [6.07, 6.45) is 0. The topological polar surface area (TPSA) is 58.6 Å². The van der Waals surface area contributed by atoms with Crippen molar-refractivity contribution in [3.05, 3.63) is 30.3 Å². The first-order chi connectivity index (χ1) is 7.53. The Hall–Kier alpha value is 1.77. The van der Waals surface area contributed by atoms with Crippen molar-refractivity contribution in [2.45, 2.75) is 4.83 Å². The molecule has 1 aromatic carbocycles. The molecular formula is C9H10Br2KO4P. The predicted octanol–water partition coefficient (Wildman–Crippen LogP) is -0.287. The quantitative estimate of drug-likeness (QED) is 0.367. The second-order valence-electron chi connectivity index (χ2n) is 2.90. The van der Waals surface area contributed by atoms with Gasteiger partial charge in [0, 0.05) is 10.2 Å². The van der Waals surface area contributed by atoms with Crippen LogP contribution in [0.4, 0.5) is 0 Å². The molecule has 0 N–H and O–H groups in total. The van der Waals surface area contributed by atoms with E-state index in [4.69, 9.17) is 4.52 Å². The smallest absolute Gasteiger partial charge is 0.746 e. The Bertz CT molecular complexity index is 365. The van der Waals surface area contributed by atoms with Gasteiger partial charge in [0.05, 0.1) is 6.61 Å². The van der Waals surface area contributed by atoms with E-state index >= 15 is 0 Å². The molecule has 8 heteroatoms. The molecule has 2 atom stereocenters. The number of hydrogen-bond acceptors (Lipinski definition) is 4. The van der Waals surface area contributed by atoms with Gasteiger partial charge in [-0.15, -0.1) is 0 Å². The molecule has 1 rings (SSSR count). The molecule has 0 aliphatic rings. The molecule has 0 aliphatic heterocycles. The maximum atomic E-state index is 11.4.